The summed E-state index contributed by atoms with van der Waals surface area (Å²) in [5, 5.41) is 4.54. The highest BCUT2D eigenvalue weighted by Crippen LogP contribution is 2.42. The highest BCUT2D eigenvalue weighted by molar-refractivity contribution is 6.09. The molecular formula is C12H18F2N4O3. The molecule has 7 nitrogen and oxygen atoms in total. The number of nitrogens with zero attached hydrogens (tertiary/aromatic N) is 1. The third kappa shape index (κ3) is 3.12. The first-order chi connectivity index (χ1) is 9.69. The number of carbonyl (C=O) groups is 3. The number of alkyl halides is 2. The van der Waals surface area contributed by atoms with E-state index in [9.17, 15) is 23.2 Å². The van der Waals surface area contributed by atoms with Crippen molar-refractivity contribution in [2.45, 2.75) is 31.2 Å². The number of urea groups is 1. The summed E-state index contributed by atoms with van der Waals surface area (Å²) in [4.78, 5) is 36.3. The van der Waals surface area contributed by atoms with Crippen LogP contribution >= 0.6 is 0 Å². The predicted molar refractivity (Wildman–Crippen MR) is 68.4 cm³/mol. The molecule has 4 N–H and O–H groups in total. The summed E-state index contributed by atoms with van der Waals surface area (Å²) in [7, 11) is 0. The van der Waals surface area contributed by atoms with Gasteiger partial charge in [-0.3, -0.25) is 14.5 Å². The van der Waals surface area contributed by atoms with Crippen molar-refractivity contribution in [3.05, 3.63) is 0 Å². The average molecular weight is 304 g/mol. The van der Waals surface area contributed by atoms with E-state index in [4.69, 9.17) is 5.73 Å². The number of rotatable bonds is 6. The number of nitrogens with two attached hydrogens (primary N) is 1. The van der Waals surface area contributed by atoms with Crippen LogP contribution in [0, 0.1) is 5.92 Å². The van der Waals surface area contributed by atoms with Gasteiger partial charge in [0.05, 0.1) is 13.1 Å². The second-order valence-electron chi connectivity index (χ2n) is 5.63. The SMILES string of the molecule is CC1(C2CC2)NC(=O)N(CC(=O)NCC(F)(F)CN)C1=O. The zero-order valence-electron chi connectivity index (χ0n) is 11.6. The Morgan fingerprint density at radius 2 is 2.14 bits per heavy atom. The van der Waals surface area contributed by atoms with Crippen molar-refractivity contribution >= 4 is 17.8 Å². The van der Waals surface area contributed by atoms with Crippen LogP contribution in [0.25, 0.3) is 0 Å². The fourth-order valence-corrected chi connectivity index (χ4v) is 2.30. The Morgan fingerprint density at radius 1 is 1.52 bits per heavy atom. The van der Waals surface area contributed by atoms with Crippen LogP contribution < -0.4 is 16.4 Å². The Hall–Kier alpha value is -1.77. The van der Waals surface area contributed by atoms with Crippen molar-refractivity contribution in [2.75, 3.05) is 19.6 Å². The Labute approximate surface area is 120 Å². The van der Waals surface area contributed by atoms with Crippen molar-refractivity contribution in [3.8, 4) is 0 Å². The molecule has 1 unspecified atom stereocenters. The van der Waals surface area contributed by atoms with E-state index in [0.717, 1.165) is 17.7 Å². The molecule has 1 saturated carbocycles. The molecule has 1 aliphatic heterocycles. The standard InChI is InChI=1S/C12H18F2N4O3/c1-11(7-2-3-7)9(20)18(10(21)17-11)4-8(19)16-6-12(13,14)5-15/h7H,2-6,15H2,1H3,(H,16,19)(H,17,21). The third-order valence-corrected chi connectivity index (χ3v) is 3.84. The van der Waals surface area contributed by atoms with Crippen LogP contribution in [-0.4, -0.2) is 53.8 Å². The molecule has 118 valence electrons. The first-order valence-corrected chi connectivity index (χ1v) is 6.68. The molecule has 0 spiro atoms. The van der Waals surface area contributed by atoms with Crippen molar-refractivity contribution < 1.29 is 23.2 Å². The molecule has 2 rings (SSSR count). The quantitative estimate of drug-likeness (QED) is 0.571. The number of hydrogen-bond donors (Lipinski definition) is 3. The Kier molecular flexibility index (Phi) is 3.87. The molecule has 0 aromatic heterocycles. The zero-order chi connectivity index (χ0) is 15.8. The normalized spacial score (nSPS) is 26.0. The number of amides is 4. The summed E-state index contributed by atoms with van der Waals surface area (Å²) in [6, 6.07) is -0.671. The zero-order valence-corrected chi connectivity index (χ0v) is 11.6. The minimum atomic E-state index is -3.21. The topological polar surface area (TPSA) is 105 Å². The molecule has 1 heterocycles. The lowest BCUT2D eigenvalue weighted by Crippen LogP contribution is -2.48. The van der Waals surface area contributed by atoms with Crippen molar-refractivity contribution in [2.24, 2.45) is 11.7 Å². The molecular weight excluding hydrogens is 286 g/mol. The molecule has 0 aromatic carbocycles. The fraction of sp³-hybridized carbons (Fsp3) is 0.750. The van der Waals surface area contributed by atoms with Crippen LogP contribution in [0.15, 0.2) is 0 Å². The maximum absolute atomic E-state index is 12.9. The van der Waals surface area contributed by atoms with E-state index in [0.29, 0.717) is 0 Å². The van der Waals surface area contributed by atoms with Gasteiger partial charge in [0.2, 0.25) is 5.91 Å². The molecule has 0 aromatic rings. The van der Waals surface area contributed by atoms with Gasteiger partial charge in [-0.15, -0.1) is 0 Å². The molecule has 1 atom stereocenters. The van der Waals surface area contributed by atoms with Crippen LogP contribution in [0.2, 0.25) is 0 Å². The van der Waals surface area contributed by atoms with Crippen LogP contribution in [0.4, 0.5) is 13.6 Å². The molecule has 4 amide bonds. The van der Waals surface area contributed by atoms with E-state index >= 15 is 0 Å². The molecule has 9 heteroatoms. The Morgan fingerprint density at radius 3 is 2.67 bits per heavy atom. The number of halogens is 2. The van der Waals surface area contributed by atoms with Crippen molar-refractivity contribution in [1.29, 1.82) is 0 Å². The predicted octanol–water partition coefficient (Wildman–Crippen LogP) is -0.583. The summed E-state index contributed by atoms with van der Waals surface area (Å²) < 4.78 is 25.8. The molecule has 2 aliphatic rings. The van der Waals surface area contributed by atoms with Gasteiger partial charge in [0, 0.05) is 0 Å². The van der Waals surface area contributed by atoms with Crippen molar-refractivity contribution in [1.82, 2.24) is 15.5 Å². The number of nitrogens with one attached hydrogen (secondary N) is 2. The lowest BCUT2D eigenvalue weighted by Gasteiger charge is -2.21. The first kappa shape index (κ1) is 15.6. The smallest absolute Gasteiger partial charge is 0.325 e. The lowest BCUT2D eigenvalue weighted by molar-refractivity contribution is -0.135. The van der Waals surface area contributed by atoms with Gasteiger partial charge >= 0.3 is 6.03 Å². The summed E-state index contributed by atoms with van der Waals surface area (Å²) in [5.74, 6) is -4.46. The molecule has 1 saturated heterocycles. The van der Waals surface area contributed by atoms with E-state index < -0.39 is 48.9 Å². The van der Waals surface area contributed by atoms with Gasteiger partial charge in [-0.05, 0) is 25.7 Å². The van der Waals surface area contributed by atoms with Gasteiger partial charge in [-0.25, -0.2) is 13.6 Å². The largest absolute Gasteiger partial charge is 0.348 e. The van der Waals surface area contributed by atoms with Gasteiger partial charge in [0.25, 0.3) is 11.8 Å². The van der Waals surface area contributed by atoms with Crippen LogP contribution in [0.1, 0.15) is 19.8 Å². The highest BCUT2D eigenvalue weighted by Gasteiger charge is 2.56. The molecule has 0 radical (unpaired) electrons. The van der Waals surface area contributed by atoms with Crippen LogP contribution in [0.5, 0.6) is 0 Å². The van der Waals surface area contributed by atoms with E-state index in [1.807, 2.05) is 5.32 Å². The third-order valence-electron chi connectivity index (χ3n) is 3.84. The maximum atomic E-state index is 12.9. The van der Waals surface area contributed by atoms with Gasteiger partial charge in [-0.1, -0.05) is 0 Å². The molecule has 0 bridgehead atoms. The Bertz CT molecular complexity index is 481. The number of imide groups is 1. The van der Waals surface area contributed by atoms with Gasteiger partial charge in [0.1, 0.15) is 12.1 Å². The van der Waals surface area contributed by atoms with E-state index in [2.05, 4.69) is 5.32 Å². The second kappa shape index (κ2) is 5.21. The number of hydrogen-bond acceptors (Lipinski definition) is 4. The minimum absolute atomic E-state index is 0.0728. The summed E-state index contributed by atoms with van der Waals surface area (Å²) in [6.45, 7) is -0.777. The Balaban J connectivity index is 1.92. The summed E-state index contributed by atoms with van der Waals surface area (Å²) in [6.07, 6.45) is 1.68. The minimum Gasteiger partial charge on any atom is -0.348 e. The lowest BCUT2D eigenvalue weighted by atomic mass is 9.96. The van der Waals surface area contributed by atoms with E-state index in [1.165, 1.54) is 0 Å². The monoisotopic (exact) mass is 304 g/mol. The fourth-order valence-electron chi connectivity index (χ4n) is 2.30. The van der Waals surface area contributed by atoms with Crippen molar-refractivity contribution in [3.63, 3.8) is 0 Å². The van der Waals surface area contributed by atoms with E-state index in [1.54, 1.807) is 6.92 Å². The average Bonchev–Trinajstić information content (AvgIpc) is 3.23. The van der Waals surface area contributed by atoms with Crippen LogP contribution in [-0.2, 0) is 9.59 Å². The van der Waals surface area contributed by atoms with E-state index in [-0.39, 0.29) is 5.92 Å². The van der Waals surface area contributed by atoms with Crippen LogP contribution in [0.3, 0.4) is 0 Å². The molecule has 2 fully saturated rings. The number of carbonyl (C=O) groups excluding carboxylic acids is 3. The molecule has 21 heavy (non-hydrogen) atoms. The first-order valence-electron chi connectivity index (χ1n) is 6.68. The summed E-state index contributed by atoms with van der Waals surface area (Å²) in [5.41, 5.74) is 3.86. The summed E-state index contributed by atoms with van der Waals surface area (Å²) >= 11 is 0. The van der Waals surface area contributed by atoms with Gasteiger partial charge in [-0.2, -0.15) is 0 Å². The maximum Gasteiger partial charge on any atom is 0.325 e. The highest BCUT2D eigenvalue weighted by atomic mass is 19.3. The molecule has 1 aliphatic carbocycles. The van der Waals surface area contributed by atoms with Gasteiger partial charge < -0.3 is 16.4 Å². The van der Waals surface area contributed by atoms with Gasteiger partial charge in [0.15, 0.2) is 0 Å². The second-order valence-corrected chi connectivity index (χ2v) is 5.63.